The standard InChI is InChI=1S/C23H21N3OS/c1-15-11-16(2)21-20(12-15)28-23(25-21)26(14-18-7-5-4-6-8-18)22(27)19-10-9-17(3)24-13-19/h4-13H,14H2,1-3H3. The quantitative estimate of drug-likeness (QED) is 0.467. The number of nitrogens with zero attached hydrogens (tertiary/aromatic N) is 3. The molecule has 0 bridgehead atoms. The highest BCUT2D eigenvalue weighted by molar-refractivity contribution is 7.22. The predicted molar refractivity (Wildman–Crippen MR) is 115 cm³/mol. The van der Waals surface area contributed by atoms with E-state index in [0.717, 1.165) is 27.0 Å². The van der Waals surface area contributed by atoms with Gasteiger partial charge in [0.2, 0.25) is 0 Å². The van der Waals surface area contributed by atoms with Crippen molar-refractivity contribution < 1.29 is 4.79 Å². The van der Waals surface area contributed by atoms with Crippen LogP contribution < -0.4 is 4.90 Å². The van der Waals surface area contributed by atoms with Gasteiger partial charge in [-0.1, -0.05) is 47.7 Å². The molecule has 28 heavy (non-hydrogen) atoms. The zero-order valence-electron chi connectivity index (χ0n) is 16.1. The highest BCUT2D eigenvalue weighted by atomic mass is 32.1. The molecule has 1 amide bonds. The number of rotatable bonds is 4. The van der Waals surface area contributed by atoms with Crippen LogP contribution in [0.1, 0.15) is 32.7 Å². The summed E-state index contributed by atoms with van der Waals surface area (Å²) in [6.45, 7) is 6.52. The molecule has 0 unspecified atom stereocenters. The van der Waals surface area contributed by atoms with Gasteiger partial charge < -0.3 is 0 Å². The number of pyridine rings is 1. The Hall–Kier alpha value is -3.05. The largest absolute Gasteiger partial charge is 0.279 e. The Morgan fingerprint density at radius 2 is 1.82 bits per heavy atom. The molecule has 4 aromatic rings. The van der Waals surface area contributed by atoms with Gasteiger partial charge in [0.05, 0.1) is 22.3 Å². The van der Waals surface area contributed by atoms with E-state index >= 15 is 0 Å². The number of benzene rings is 2. The molecule has 140 valence electrons. The van der Waals surface area contributed by atoms with Crippen LogP contribution in [-0.2, 0) is 6.54 Å². The monoisotopic (exact) mass is 387 g/mol. The predicted octanol–water partition coefficient (Wildman–Crippen LogP) is 5.46. The summed E-state index contributed by atoms with van der Waals surface area (Å²) in [5, 5.41) is 0.707. The summed E-state index contributed by atoms with van der Waals surface area (Å²) in [5.41, 5.74) is 5.79. The van der Waals surface area contributed by atoms with Gasteiger partial charge in [-0.05, 0) is 55.7 Å². The SMILES string of the molecule is Cc1cc(C)c2nc(N(Cc3ccccc3)C(=O)c3ccc(C)nc3)sc2c1. The summed E-state index contributed by atoms with van der Waals surface area (Å²) in [7, 11) is 0. The Bertz CT molecular complexity index is 1130. The molecular formula is C23H21N3OS. The van der Waals surface area contributed by atoms with Gasteiger partial charge >= 0.3 is 0 Å². The van der Waals surface area contributed by atoms with Gasteiger partial charge in [-0.25, -0.2) is 4.98 Å². The van der Waals surface area contributed by atoms with Gasteiger partial charge in [0.25, 0.3) is 5.91 Å². The normalized spacial score (nSPS) is 11.0. The first-order valence-electron chi connectivity index (χ1n) is 9.17. The molecule has 0 saturated heterocycles. The molecule has 4 rings (SSSR count). The maximum absolute atomic E-state index is 13.3. The van der Waals surface area contributed by atoms with Crippen LogP contribution in [0.2, 0.25) is 0 Å². The van der Waals surface area contributed by atoms with Crippen LogP contribution in [0.5, 0.6) is 0 Å². The third-order valence-corrected chi connectivity index (χ3v) is 5.66. The van der Waals surface area contributed by atoms with E-state index in [0.29, 0.717) is 17.2 Å². The molecule has 0 atom stereocenters. The summed E-state index contributed by atoms with van der Waals surface area (Å²) < 4.78 is 1.10. The van der Waals surface area contributed by atoms with Crippen LogP contribution in [0.3, 0.4) is 0 Å². The smallest absolute Gasteiger partial charge is 0.261 e. The molecule has 2 heterocycles. The Morgan fingerprint density at radius 3 is 2.54 bits per heavy atom. The van der Waals surface area contributed by atoms with Crippen LogP contribution in [0.25, 0.3) is 10.2 Å². The van der Waals surface area contributed by atoms with Crippen molar-refractivity contribution in [2.45, 2.75) is 27.3 Å². The van der Waals surface area contributed by atoms with Crippen molar-refractivity contribution in [3.05, 3.63) is 88.7 Å². The Balaban J connectivity index is 1.79. The first-order chi connectivity index (χ1) is 13.5. The second-order valence-electron chi connectivity index (χ2n) is 6.99. The number of carbonyl (C=O) groups excluding carboxylic acids is 1. The van der Waals surface area contributed by atoms with Crippen molar-refractivity contribution in [2.24, 2.45) is 0 Å². The lowest BCUT2D eigenvalue weighted by molar-refractivity contribution is 0.0985. The third kappa shape index (κ3) is 3.66. The summed E-state index contributed by atoms with van der Waals surface area (Å²) in [6.07, 6.45) is 1.64. The van der Waals surface area contributed by atoms with Crippen LogP contribution in [0, 0.1) is 20.8 Å². The Labute approximate surface area is 168 Å². The van der Waals surface area contributed by atoms with Gasteiger partial charge in [-0.15, -0.1) is 0 Å². The fraction of sp³-hybridized carbons (Fsp3) is 0.174. The highest BCUT2D eigenvalue weighted by Crippen LogP contribution is 2.33. The zero-order chi connectivity index (χ0) is 19.7. The number of aryl methyl sites for hydroxylation is 3. The van der Waals surface area contributed by atoms with E-state index in [1.165, 1.54) is 5.56 Å². The number of fused-ring (bicyclic) bond motifs is 1. The molecule has 2 aromatic carbocycles. The Morgan fingerprint density at radius 1 is 1.04 bits per heavy atom. The van der Waals surface area contributed by atoms with E-state index in [2.05, 4.69) is 31.0 Å². The fourth-order valence-corrected chi connectivity index (χ4v) is 4.36. The minimum absolute atomic E-state index is 0.0928. The summed E-state index contributed by atoms with van der Waals surface area (Å²) in [5.74, 6) is -0.0928. The minimum atomic E-state index is -0.0928. The second-order valence-corrected chi connectivity index (χ2v) is 8.00. The lowest BCUT2D eigenvalue weighted by atomic mass is 10.1. The van der Waals surface area contributed by atoms with Crippen molar-refractivity contribution in [1.82, 2.24) is 9.97 Å². The second kappa shape index (κ2) is 7.52. The van der Waals surface area contributed by atoms with Crippen molar-refractivity contribution in [3.63, 3.8) is 0 Å². The van der Waals surface area contributed by atoms with E-state index in [1.54, 1.807) is 22.4 Å². The first-order valence-corrected chi connectivity index (χ1v) is 9.99. The lowest BCUT2D eigenvalue weighted by Crippen LogP contribution is -2.30. The molecule has 0 radical (unpaired) electrons. The van der Waals surface area contributed by atoms with E-state index in [4.69, 9.17) is 4.98 Å². The molecular weight excluding hydrogens is 366 g/mol. The van der Waals surface area contributed by atoms with E-state index < -0.39 is 0 Å². The van der Waals surface area contributed by atoms with E-state index in [1.807, 2.05) is 49.4 Å². The minimum Gasteiger partial charge on any atom is -0.279 e. The summed E-state index contributed by atoms with van der Waals surface area (Å²) in [6, 6.07) is 17.9. The summed E-state index contributed by atoms with van der Waals surface area (Å²) in [4.78, 5) is 24.2. The van der Waals surface area contributed by atoms with Gasteiger partial charge in [0.1, 0.15) is 0 Å². The topological polar surface area (TPSA) is 46.1 Å². The van der Waals surface area contributed by atoms with Crippen molar-refractivity contribution in [1.29, 1.82) is 0 Å². The molecule has 0 saturated carbocycles. The highest BCUT2D eigenvalue weighted by Gasteiger charge is 2.22. The van der Waals surface area contributed by atoms with Gasteiger partial charge in [0.15, 0.2) is 5.13 Å². The Kier molecular flexibility index (Phi) is 4.92. The number of carbonyl (C=O) groups is 1. The zero-order valence-corrected chi connectivity index (χ0v) is 17.0. The van der Waals surface area contributed by atoms with Crippen molar-refractivity contribution >= 4 is 32.6 Å². The average Bonchev–Trinajstić information content (AvgIpc) is 3.11. The fourth-order valence-electron chi connectivity index (χ4n) is 3.22. The summed E-state index contributed by atoms with van der Waals surface area (Å²) >= 11 is 1.55. The maximum atomic E-state index is 13.3. The van der Waals surface area contributed by atoms with E-state index in [-0.39, 0.29) is 5.91 Å². The van der Waals surface area contributed by atoms with Crippen LogP contribution in [0.4, 0.5) is 5.13 Å². The number of amides is 1. The number of hydrogen-bond donors (Lipinski definition) is 0. The van der Waals surface area contributed by atoms with Crippen LogP contribution in [0.15, 0.2) is 60.8 Å². The molecule has 0 N–H and O–H groups in total. The van der Waals surface area contributed by atoms with E-state index in [9.17, 15) is 4.79 Å². The number of aromatic nitrogens is 2. The molecule has 5 heteroatoms. The average molecular weight is 388 g/mol. The molecule has 0 aliphatic rings. The van der Waals surface area contributed by atoms with Crippen molar-refractivity contribution in [2.75, 3.05) is 4.90 Å². The van der Waals surface area contributed by atoms with Crippen LogP contribution >= 0.6 is 11.3 Å². The van der Waals surface area contributed by atoms with Crippen LogP contribution in [-0.4, -0.2) is 15.9 Å². The van der Waals surface area contributed by atoms with Gasteiger partial charge in [-0.2, -0.15) is 0 Å². The van der Waals surface area contributed by atoms with Gasteiger partial charge in [0, 0.05) is 11.9 Å². The number of thiazole rings is 1. The molecule has 2 aromatic heterocycles. The maximum Gasteiger partial charge on any atom is 0.261 e. The molecule has 0 aliphatic carbocycles. The molecule has 0 spiro atoms. The lowest BCUT2D eigenvalue weighted by Gasteiger charge is -2.20. The number of hydrogen-bond acceptors (Lipinski definition) is 4. The number of anilines is 1. The molecule has 0 fully saturated rings. The molecule has 4 nitrogen and oxygen atoms in total. The third-order valence-electron chi connectivity index (χ3n) is 4.64. The van der Waals surface area contributed by atoms with Gasteiger partial charge in [-0.3, -0.25) is 14.7 Å². The molecule has 0 aliphatic heterocycles. The van der Waals surface area contributed by atoms with Crippen molar-refractivity contribution in [3.8, 4) is 0 Å². The first kappa shape index (κ1) is 18.3.